The van der Waals surface area contributed by atoms with E-state index in [-0.39, 0.29) is 0 Å². The van der Waals surface area contributed by atoms with Gasteiger partial charge in [-0.3, -0.25) is 0 Å². The van der Waals surface area contributed by atoms with E-state index in [4.69, 9.17) is 21.1 Å². The molecule has 0 aliphatic heterocycles. The number of benzene rings is 2. The molecule has 154 valence electrons. The van der Waals surface area contributed by atoms with Crippen LogP contribution in [0.4, 0.5) is 11.5 Å². The average molecular weight is 440 g/mol. The topological polar surface area (TPSA) is 56.3 Å². The molecule has 2 aromatic carbocycles. The van der Waals surface area contributed by atoms with Crippen molar-refractivity contribution in [1.82, 2.24) is 9.97 Å². The summed E-state index contributed by atoms with van der Waals surface area (Å²) in [5.74, 6) is 2.25. The largest absolute Gasteiger partial charge is 0.495 e. The maximum atomic E-state index is 6.26. The number of hydrogen-bond donors (Lipinski definition) is 1. The van der Waals surface area contributed by atoms with Crippen LogP contribution in [-0.4, -0.2) is 23.7 Å². The van der Waals surface area contributed by atoms with Crippen LogP contribution in [0.1, 0.15) is 17.4 Å². The Morgan fingerprint density at radius 2 is 1.87 bits per heavy atom. The molecule has 5 nitrogen and oxygen atoms in total. The molecule has 1 N–H and O–H groups in total. The Kier molecular flexibility index (Phi) is 5.79. The number of methoxy groups -OCH3 is 1. The van der Waals surface area contributed by atoms with Crippen LogP contribution in [0.15, 0.2) is 42.7 Å². The number of aromatic nitrogens is 2. The lowest BCUT2D eigenvalue weighted by molar-refractivity contribution is 0.340. The smallest absolute Gasteiger partial charge is 0.143 e. The number of halogens is 1. The first-order valence-electron chi connectivity index (χ1n) is 9.60. The molecule has 0 radical (unpaired) electrons. The molecule has 2 aromatic heterocycles. The third-order valence-electron chi connectivity index (χ3n) is 4.85. The fraction of sp³-hybridized carbons (Fsp3) is 0.217. The summed E-state index contributed by atoms with van der Waals surface area (Å²) in [4.78, 5) is 11.2. The van der Waals surface area contributed by atoms with E-state index in [1.165, 1.54) is 4.88 Å². The number of nitrogens with one attached hydrogen (secondary N) is 1. The van der Waals surface area contributed by atoms with Crippen LogP contribution < -0.4 is 14.8 Å². The molecule has 0 fully saturated rings. The highest BCUT2D eigenvalue weighted by Crippen LogP contribution is 2.42. The molecule has 0 spiro atoms. The van der Waals surface area contributed by atoms with Crippen molar-refractivity contribution in [2.24, 2.45) is 0 Å². The van der Waals surface area contributed by atoms with E-state index in [1.807, 2.05) is 38.1 Å². The van der Waals surface area contributed by atoms with Crippen LogP contribution in [0.5, 0.6) is 11.5 Å². The van der Waals surface area contributed by atoms with Gasteiger partial charge in [0.1, 0.15) is 28.5 Å². The monoisotopic (exact) mass is 439 g/mol. The van der Waals surface area contributed by atoms with Crippen molar-refractivity contribution in [3.63, 3.8) is 0 Å². The minimum Gasteiger partial charge on any atom is -0.495 e. The predicted molar refractivity (Wildman–Crippen MR) is 125 cm³/mol. The number of anilines is 2. The fourth-order valence-electron chi connectivity index (χ4n) is 3.43. The Balaban J connectivity index is 1.84. The zero-order valence-corrected chi connectivity index (χ0v) is 18.8. The van der Waals surface area contributed by atoms with Gasteiger partial charge in [0.2, 0.25) is 0 Å². The van der Waals surface area contributed by atoms with Crippen molar-refractivity contribution in [2.75, 3.05) is 19.0 Å². The lowest BCUT2D eigenvalue weighted by atomic mass is 10.0. The Hall–Kier alpha value is -2.83. The highest BCUT2D eigenvalue weighted by atomic mass is 35.5. The molecule has 7 heteroatoms. The molecular formula is C23H22ClN3O2S. The third kappa shape index (κ3) is 3.80. The lowest BCUT2D eigenvalue weighted by Gasteiger charge is -2.14. The van der Waals surface area contributed by atoms with E-state index in [1.54, 1.807) is 24.8 Å². The molecule has 30 heavy (non-hydrogen) atoms. The van der Waals surface area contributed by atoms with Gasteiger partial charge < -0.3 is 14.8 Å². The van der Waals surface area contributed by atoms with Crippen LogP contribution in [0.2, 0.25) is 5.02 Å². The van der Waals surface area contributed by atoms with Crippen molar-refractivity contribution in [3.8, 4) is 22.6 Å². The number of fused-ring (bicyclic) bond motifs is 1. The Bertz CT molecular complexity index is 1210. The van der Waals surface area contributed by atoms with Gasteiger partial charge in [-0.05, 0) is 50.1 Å². The maximum Gasteiger partial charge on any atom is 0.143 e. The quantitative estimate of drug-likeness (QED) is 0.359. The second kappa shape index (κ2) is 8.50. The Morgan fingerprint density at radius 1 is 1.10 bits per heavy atom. The number of aryl methyl sites for hydroxylation is 2. The van der Waals surface area contributed by atoms with Crippen LogP contribution >= 0.6 is 22.9 Å². The molecule has 0 amide bonds. The first-order chi connectivity index (χ1) is 14.5. The number of rotatable bonds is 6. The van der Waals surface area contributed by atoms with Crippen molar-refractivity contribution in [2.45, 2.75) is 20.8 Å². The van der Waals surface area contributed by atoms with Crippen LogP contribution in [-0.2, 0) is 0 Å². The molecule has 0 saturated carbocycles. The SMILES string of the molecule is CCOc1ccc(-c2c(C)sc3ncnc(Nc4cc(C)c(Cl)cc4OC)c23)cc1. The van der Waals surface area contributed by atoms with E-state index < -0.39 is 0 Å². The standard InChI is InChI=1S/C23H22ClN3O2S/c1-5-29-16-8-6-15(7-9-16)20-14(3)30-23-21(20)22(25-12-26-23)27-18-10-13(2)17(24)11-19(18)28-4/h6-12H,5H2,1-4H3,(H,25,26,27). The van der Waals surface area contributed by atoms with Crippen LogP contribution in [0.3, 0.4) is 0 Å². The van der Waals surface area contributed by atoms with Gasteiger partial charge in [-0.25, -0.2) is 9.97 Å². The molecule has 2 heterocycles. The van der Waals surface area contributed by atoms with Gasteiger partial charge in [0.05, 0.1) is 24.8 Å². The zero-order chi connectivity index (χ0) is 21.3. The molecule has 0 atom stereocenters. The minimum absolute atomic E-state index is 0.643. The van der Waals surface area contributed by atoms with Gasteiger partial charge in [-0.15, -0.1) is 11.3 Å². The summed E-state index contributed by atoms with van der Waals surface area (Å²) in [6.07, 6.45) is 1.58. The summed E-state index contributed by atoms with van der Waals surface area (Å²) < 4.78 is 11.1. The molecule has 0 bridgehead atoms. The molecule has 0 saturated heterocycles. The molecule has 0 aliphatic carbocycles. The molecule has 0 unspecified atom stereocenters. The number of ether oxygens (including phenoxy) is 2. The molecule has 0 aliphatic rings. The summed E-state index contributed by atoms with van der Waals surface area (Å²) in [6.45, 7) is 6.69. The van der Waals surface area contributed by atoms with Crippen molar-refractivity contribution in [3.05, 3.63) is 58.2 Å². The van der Waals surface area contributed by atoms with E-state index in [9.17, 15) is 0 Å². The fourth-order valence-corrected chi connectivity index (χ4v) is 4.59. The van der Waals surface area contributed by atoms with Gasteiger partial charge in [0, 0.05) is 21.5 Å². The number of thiophene rings is 1. The first kappa shape index (κ1) is 20.4. The summed E-state index contributed by atoms with van der Waals surface area (Å²) in [5.41, 5.74) is 3.98. The Morgan fingerprint density at radius 3 is 2.57 bits per heavy atom. The summed E-state index contributed by atoms with van der Waals surface area (Å²) in [7, 11) is 1.63. The molecular weight excluding hydrogens is 418 g/mol. The first-order valence-corrected chi connectivity index (χ1v) is 10.8. The normalized spacial score (nSPS) is 11.0. The summed E-state index contributed by atoms with van der Waals surface area (Å²) in [6, 6.07) is 11.9. The zero-order valence-electron chi connectivity index (χ0n) is 17.2. The number of hydrogen-bond acceptors (Lipinski definition) is 6. The highest BCUT2D eigenvalue weighted by molar-refractivity contribution is 7.19. The van der Waals surface area contributed by atoms with E-state index in [2.05, 4.69) is 34.3 Å². The van der Waals surface area contributed by atoms with Gasteiger partial charge in [0.15, 0.2) is 0 Å². The van der Waals surface area contributed by atoms with Gasteiger partial charge >= 0.3 is 0 Å². The van der Waals surface area contributed by atoms with Crippen LogP contribution in [0.25, 0.3) is 21.3 Å². The van der Waals surface area contributed by atoms with Gasteiger partial charge in [-0.2, -0.15) is 0 Å². The van der Waals surface area contributed by atoms with E-state index in [0.29, 0.717) is 17.4 Å². The summed E-state index contributed by atoms with van der Waals surface area (Å²) >= 11 is 7.92. The second-order valence-electron chi connectivity index (χ2n) is 6.82. The van der Waals surface area contributed by atoms with Crippen molar-refractivity contribution < 1.29 is 9.47 Å². The van der Waals surface area contributed by atoms with E-state index in [0.717, 1.165) is 44.2 Å². The molecule has 4 rings (SSSR count). The van der Waals surface area contributed by atoms with Crippen LogP contribution in [0, 0.1) is 13.8 Å². The third-order valence-corrected chi connectivity index (χ3v) is 6.27. The Labute approximate surface area is 184 Å². The predicted octanol–water partition coefficient (Wildman–Crippen LogP) is 6.78. The maximum absolute atomic E-state index is 6.26. The highest BCUT2D eigenvalue weighted by Gasteiger charge is 2.18. The van der Waals surface area contributed by atoms with Crippen molar-refractivity contribution >= 4 is 44.7 Å². The number of nitrogens with zero attached hydrogens (tertiary/aromatic N) is 2. The van der Waals surface area contributed by atoms with Gasteiger partial charge in [-0.1, -0.05) is 23.7 Å². The summed E-state index contributed by atoms with van der Waals surface area (Å²) in [5, 5.41) is 5.08. The lowest BCUT2D eigenvalue weighted by Crippen LogP contribution is -1.99. The van der Waals surface area contributed by atoms with Crippen molar-refractivity contribution in [1.29, 1.82) is 0 Å². The average Bonchev–Trinajstić information content (AvgIpc) is 3.08. The van der Waals surface area contributed by atoms with Gasteiger partial charge in [0.25, 0.3) is 0 Å². The second-order valence-corrected chi connectivity index (χ2v) is 8.43. The van der Waals surface area contributed by atoms with E-state index >= 15 is 0 Å². The minimum atomic E-state index is 0.643. The molecule has 4 aromatic rings.